The Hall–Kier alpha value is -1.54. The summed E-state index contributed by atoms with van der Waals surface area (Å²) in [6, 6.07) is 2.17. The molecule has 3 spiro atoms. The van der Waals surface area contributed by atoms with Crippen LogP contribution in [-0.2, 0) is 6.42 Å². The number of fused-ring (bicyclic) bond motifs is 2. The Kier molecular flexibility index (Phi) is 4.92. The van der Waals surface area contributed by atoms with Gasteiger partial charge < -0.3 is 10.1 Å². The summed E-state index contributed by atoms with van der Waals surface area (Å²) < 4.78 is 0. The third kappa shape index (κ3) is 2.73. The van der Waals surface area contributed by atoms with Gasteiger partial charge in [0.25, 0.3) is 0 Å². The Bertz CT molecular complexity index is 1120. The molecule has 4 fully saturated rings. The second kappa shape index (κ2) is 7.52. The molecule has 2 heteroatoms. The molecule has 1 aromatic rings. The van der Waals surface area contributed by atoms with Crippen LogP contribution >= 0.6 is 0 Å². The lowest BCUT2D eigenvalue weighted by Gasteiger charge is -2.66. The largest absolute Gasteiger partial charge is 0.396 e. The zero-order chi connectivity index (χ0) is 25.0. The highest BCUT2D eigenvalue weighted by Crippen LogP contribution is 2.89. The van der Waals surface area contributed by atoms with Crippen molar-refractivity contribution >= 4 is 0 Å². The summed E-state index contributed by atoms with van der Waals surface area (Å²) in [5.74, 6) is 2.52. The van der Waals surface area contributed by atoms with E-state index >= 15 is 0 Å². The van der Waals surface area contributed by atoms with Crippen LogP contribution in [0.4, 0.5) is 0 Å². The molecule has 6 aliphatic carbocycles. The Morgan fingerprint density at radius 2 is 1.97 bits per heavy atom. The summed E-state index contributed by atoms with van der Waals surface area (Å²) >= 11 is 0. The van der Waals surface area contributed by atoms with Gasteiger partial charge in [-0.15, -0.1) is 0 Å². The normalized spacial score (nSPS) is 43.9. The summed E-state index contributed by atoms with van der Waals surface area (Å²) in [5, 5.41) is 10.3. The molecule has 1 heterocycles. The van der Waals surface area contributed by atoms with E-state index < -0.39 is 0 Å². The van der Waals surface area contributed by atoms with Crippen LogP contribution in [0.25, 0.3) is 0 Å². The first-order chi connectivity index (χ1) is 17.2. The van der Waals surface area contributed by atoms with E-state index in [2.05, 4.69) is 56.2 Å². The summed E-state index contributed by atoms with van der Waals surface area (Å²) in [6.07, 6.45) is 26.8. The van der Waals surface area contributed by atoms with Gasteiger partial charge in [-0.05, 0) is 109 Å². The first-order valence-electron chi connectivity index (χ1n) is 15.0. The van der Waals surface area contributed by atoms with Crippen LogP contribution in [0.2, 0.25) is 0 Å². The molecule has 7 unspecified atom stereocenters. The van der Waals surface area contributed by atoms with Crippen molar-refractivity contribution < 1.29 is 5.11 Å². The number of nitrogens with one attached hydrogen (secondary N) is 1. The maximum Gasteiger partial charge on any atom is 0.0462 e. The average molecular weight is 486 g/mol. The highest BCUT2D eigenvalue weighted by atomic mass is 16.3. The van der Waals surface area contributed by atoms with Gasteiger partial charge in [0.05, 0.1) is 0 Å². The van der Waals surface area contributed by atoms with Gasteiger partial charge in [0.2, 0.25) is 0 Å². The minimum atomic E-state index is 0.271. The summed E-state index contributed by atoms with van der Waals surface area (Å²) in [5.41, 5.74) is 6.31. The second-order valence-corrected chi connectivity index (χ2v) is 14.9. The van der Waals surface area contributed by atoms with Crippen molar-refractivity contribution in [2.45, 2.75) is 91.4 Å². The van der Waals surface area contributed by atoms with Crippen LogP contribution in [-0.4, -0.2) is 16.7 Å². The number of aliphatic hydroxyl groups excluding tert-OH is 1. The molecule has 1 aromatic heterocycles. The monoisotopic (exact) mass is 485 g/mol. The highest BCUT2D eigenvalue weighted by Gasteiger charge is 2.83. The number of rotatable bonds is 5. The van der Waals surface area contributed by atoms with Gasteiger partial charge in [-0.1, -0.05) is 69.6 Å². The smallest absolute Gasteiger partial charge is 0.0462 e. The molecule has 0 radical (unpaired) electrons. The lowest BCUT2D eigenvalue weighted by atomic mass is 9.38. The Morgan fingerprint density at radius 3 is 2.69 bits per heavy atom. The molecule has 2 nitrogen and oxygen atoms in total. The third-order valence-corrected chi connectivity index (χ3v) is 13.2. The van der Waals surface area contributed by atoms with Gasteiger partial charge in [-0.2, -0.15) is 0 Å². The fourth-order valence-corrected chi connectivity index (χ4v) is 12.2. The van der Waals surface area contributed by atoms with Crippen molar-refractivity contribution in [3.8, 4) is 0 Å². The number of hydrogen-bond acceptors (Lipinski definition) is 1. The highest BCUT2D eigenvalue weighted by molar-refractivity contribution is 5.56. The van der Waals surface area contributed by atoms with E-state index in [0.29, 0.717) is 34.7 Å². The Labute approximate surface area is 218 Å². The van der Waals surface area contributed by atoms with Gasteiger partial charge in [0, 0.05) is 29.8 Å². The first kappa shape index (κ1) is 23.6. The SMILES string of the molecule is C=C1C=C2C3(CCC(CC(CO)Cc4cc[nH]c4)C3)CC3(CCCC3)C3CC=CC4(C1C4(C)C)C23C. The van der Waals surface area contributed by atoms with Crippen molar-refractivity contribution in [3.05, 3.63) is 60.0 Å². The summed E-state index contributed by atoms with van der Waals surface area (Å²) in [7, 11) is 0. The minimum absolute atomic E-state index is 0.271. The van der Waals surface area contributed by atoms with Crippen molar-refractivity contribution in [2.24, 2.45) is 50.7 Å². The van der Waals surface area contributed by atoms with Crippen molar-refractivity contribution in [1.82, 2.24) is 4.98 Å². The third-order valence-electron chi connectivity index (χ3n) is 13.2. The lowest BCUT2D eigenvalue weighted by molar-refractivity contribution is -0.0798. The van der Waals surface area contributed by atoms with Crippen LogP contribution in [0.3, 0.4) is 0 Å². The fourth-order valence-electron chi connectivity index (χ4n) is 12.2. The molecular weight excluding hydrogens is 438 g/mol. The molecule has 7 rings (SSSR count). The van der Waals surface area contributed by atoms with Gasteiger partial charge >= 0.3 is 0 Å². The molecule has 6 aliphatic rings. The predicted octanol–water partition coefficient (Wildman–Crippen LogP) is 8.03. The minimum Gasteiger partial charge on any atom is -0.396 e. The number of aromatic amines is 1. The fraction of sp³-hybridized carbons (Fsp3) is 0.706. The summed E-state index contributed by atoms with van der Waals surface area (Å²) in [4.78, 5) is 3.20. The molecule has 0 saturated heterocycles. The van der Waals surface area contributed by atoms with E-state index in [1.165, 1.54) is 75.3 Å². The molecule has 0 aliphatic heterocycles. The zero-order valence-electron chi connectivity index (χ0n) is 22.9. The zero-order valence-corrected chi connectivity index (χ0v) is 22.9. The molecule has 194 valence electrons. The lowest BCUT2D eigenvalue weighted by Crippen LogP contribution is -2.58. The second-order valence-electron chi connectivity index (χ2n) is 14.9. The van der Waals surface area contributed by atoms with Gasteiger partial charge in [-0.25, -0.2) is 0 Å². The molecule has 0 aromatic carbocycles. The van der Waals surface area contributed by atoms with Crippen molar-refractivity contribution in [3.63, 3.8) is 0 Å². The molecule has 36 heavy (non-hydrogen) atoms. The van der Waals surface area contributed by atoms with Crippen LogP contribution in [0.15, 0.2) is 54.4 Å². The predicted molar refractivity (Wildman–Crippen MR) is 147 cm³/mol. The van der Waals surface area contributed by atoms with Crippen LogP contribution in [0.5, 0.6) is 0 Å². The summed E-state index contributed by atoms with van der Waals surface area (Å²) in [6.45, 7) is 12.8. The average Bonchev–Trinajstić information content (AvgIpc) is 3.42. The molecule has 0 bridgehead atoms. The quantitative estimate of drug-likeness (QED) is 0.407. The molecule has 0 amide bonds. The van der Waals surface area contributed by atoms with E-state index in [4.69, 9.17) is 6.58 Å². The Morgan fingerprint density at radius 1 is 1.17 bits per heavy atom. The van der Waals surface area contributed by atoms with Gasteiger partial charge in [0.15, 0.2) is 0 Å². The maximum absolute atomic E-state index is 10.3. The van der Waals surface area contributed by atoms with E-state index in [1.54, 1.807) is 0 Å². The van der Waals surface area contributed by atoms with Crippen LogP contribution in [0, 0.1) is 50.7 Å². The molecule has 7 atom stereocenters. The standard InChI is InChI=1S/C34H47NO/c1-23-16-28-31(4)27(8-7-13-34(31)29(23)30(34,2)3)32(11-5-6-12-32)22-33(28)14-9-24(19-33)17-26(21-36)18-25-10-15-35-20-25/h7,10,13,15-16,20,24,26-27,29,35-36H,1,5-6,8-9,11-12,14,17-19,21-22H2,2-4H3. The maximum atomic E-state index is 10.3. The van der Waals surface area contributed by atoms with Gasteiger partial charge in [0.1, 0.15) is 0 Å². The molecule has 2 N–H and O–H groups in total. The number of hydrogen-bond donors (Lipinski definition) is 2. The topological polar surface area (TPSA) is 36.0 Å². The van der Waals surface area contributed by atoms with E-state index in [-0.39, 0.29) is 10.8 Å². The van der Waals surface area contributed by atoms with E-state index in [1.807, 2.05) is 11.8 Å². The molecular formula is C34H47NO. The van der Waals surface area contributed by atoms with Crippen LogP contribution < -0.4 is 0 Å². The first-order valence-corrected chi connectivity index (χ1v) is 15.0. The number of allylic oxidation sites excluding steroid dienone is 5. The Balaban J connectivity index is 1.27. The number of H-pyrrole nitrogens is 1. The van der Waals surface area contributed by atoms with E-state index in [9.17, 15) is 5.11 Å². The van der Waals surface area contributed by atoms with Gasteiger partial charge in [-0.3, -0.25) is 0 Å². The molecule has 4 saturated carbocycles. The number of aliphatic hydroxyl groups is 1. The number of aromatic nitrogens is 1. The van der Waals surface area contributed by atoms with E-state index in [0.717, 1.165) is 18.3 Å². The van der Waals surface area contributed by atoms with Crippen molar-refractivity contribution in [1.29, 1.82) is 0 Å². The van der Waals surface area contributed by atoms with Crippen molar-refractivity contribution in [2.75, 3.05) is 6.61 Å². The van der Waals surface area contributed by atoms with Crippen LogP contribution in [0.1, 0.15) is 90.5 Å².